The van der Waals surface area contributed by atoms with Crippen molar-refractivity contribution in [1.82, 2.24) is 25.8 Å². The molecule has 4 N–H and O–H groups in total. The fourth-order valence-corrected chi connectivity index (χ4v) is 7.34. The van der Waals surface area contributed by atoms with Crippen molar-refractivity contribution in [1.29, 1.82) is 0 Å². The third-order valence-electron chi connectivity index (χ3n) is 9.04. The summed E-state index contributed by atoms with van der Waals surface area (Å²) in [7, 11) is 0. The summed E-state index contributed by atoms with van der Waals surface area (Å²) in [6, 6.07) is 17.8. The van der Waals surface area contributed by atoms with E-state index in [-0.39, 0.29) is 50.8 Å². The van der Waals surface area contributed by atoms with E-state index in [4.69, 9.17) is 0 Å². The molecule has 1 aromatic heterocycles. The maximum absolute atomic E-state index is 14.0. The predicted molar refractivity (Wildman–Crippen MR) is 183 cm³/mol. The number of nitrogens with zero attached hydrogens (tertiary/aromatic N) is 2. The van der Waals surface area contributed by atoms with Crippen LogP contribution in [0, 0.1) is 12.8 Å². The van der Waals surface area contributed by atoms with Crippen LogP contribution < -0.4 is 16.0 Å². The maximum Gasteiger partial charge on any atom is 0.264 e. The molecule has 2 saturated heterocycles. The number of aliphatic hydroxyl groups is 1. The highest BCUT2D eigenvalue weighted by Gasteiger charge is 2.43. The van der Waals surface area contributed by atoms with Crippen LogP contribution in [0.5, 0.6) is 0 Å². The average molecular weight is 674 g/mol. The Balaban J connectivity index is 1.47. The highest BCUT2D eigenvalue weighted by Crippen LogP contribution is 2.33. The van der Waals surface area contributed by atoms with Gasteiger partial charge in [0.05, 0.1) is 17.5 Å². The number of rotatable bonds is 6. The zero-order chi connectivity index (χ0) is 34.4. The zero-order valence-electron chi connectivity index (χ0n) is 27.5. The Hall–Kier alpha value is -4.55. The SMILES string of the molecule is CC[C@H](C)[C@@H]1NC(=O)CN(C(=O)c2cc(C)c(-c3ccccc3)s2)CCNC(=O)[C@H](Cc2ccccc2)NC(=O)[C@@H]2C[C@@H](O)CN2C1=O. The van der Waals surface area contributed by atoms with Crippen LogP contribution in [-0.4, -0.2) is 94.9 Å². The third kappa shape index (κ3) is 8.11. The van der Waals surface area contributed by atoms with Crippen LogP contribution in [-0.2, 0) is 25.6 Å². The normalized spacial score (nSPS) is 23.3. The number of aliphatic hydroxyl groups excluding tert-OH is 1. The maximum atomic E-state index is 14.0. The summed E-state index contributed by atoms with van der Waals surface area (Å²) >= 11 is 1.33. The Kier molecular flexibility index (Phi) is 11.3. The molecular weight excluding hydrogens is 630 g/mol. The van der Waals surface area contributed by atoms with Crippen LogP contribution in [0.3, 0.4) is 0 Å². The number of amides is 5. The molecule has 5 amide bonds. The summed E-state index contributed by atoms with van der Waals surface area (Å²) < 4.78 is 0. The van der Waals surface area contributed by atoms with Crippen LogP contribution in [0.4, 0.5) is 0 Å². The lowest BCUT2D eigenvalue weighted by atomic mass is 9.97. The predicted octanol–water partition coefficient (Wildman–Crippen LogP) is 2.52. The fraction of sp³-hybridized carbons (Fsp3) is 0.417. The number of aryl methyl sites for hydroxylation is 1. The molecule has 0 spiro atoms. The standard InChI is InChI=1S/C36H43N5O6S/c1-4-22(2)31-36(47)41-20-26(42)19-28(41)34(45)38-27(18-24-11-7-5-8-12-24)33(44)37-15-16-40(21-30(43)39-31)35(46)29-17-23(3)32(48-29)25-13-9-6-10-14-25/h5-14,17,22,26-28,31,42H,4,15-16,18-21H2,1-3H3,(H,37,44)(H,38,45)(H,39,43)/t22-,26+,27-,28-,31-/m0/s1. The van der Waals surface area contributed by atoms with Gasteiger partial charge >= 0.3 is 0 Å². The second kappa shape index (κ2) is 15.6. The Morgan fingerprint density at radius 3 is 2.38 bits per heavy atom. The smallest absolute Gasteiger partial charge is 0.264 e. The summed E-state index contributed by atoms with van der Waals surface area (Å²) in [5.41, 5.74) is 2.73. The lowest BCUT2D eigenvalue weighted by molar-refractivity contribution is -0.143. The first-order valence-corrected chi connectivity index (χ1v) is 17.2. The van der Waals surface area contributed by atoms with E-state index < -0.39 is 47.9 Å². The molecule has 2 aliphatic heterocycles. The first kappa shape index (κ1) is 34.8. The summed E-state index contributed by atoms with van der Waals surface area (Å²) in [6.07, 6.45) is -0.190. The van der Waals surface area contributed by atoms with E-state index in [1.807, 2.05) is 81.4 Å². The van der Waals surface area contributed by atoms with Crippen molar-refractivity contribution in [2.45, 2.75) is 64.3 Å². The number of nitrogens with one attached hydrogen (secondary N) is 3. The quantitative estimate of drug-likeness (QED) is 0.316. The first-order chi connectivity index (χ1) is 23.0. The Morgan fingerprint density at radius 2 is 1.69 bits per heavy atom. The lowest BCUT2D eigenvalue weighted by Crippen LogP contribution is -2.58. The number of thiophene rings is 1. The van der Waals surface area contributed by atoms with Crippen molar-refractivity contribution in [3.05, 3.63) is 82.7 Å². The molecule has 3 aromatic rings. The summed E-state index contributed by atoms with van der Waals surface area (Å²) in [5.74, 6) is -2.73. The average Bonchev–Trinajstić information content (AvgIpc) is 3.68. The van der Waals surface area contributed by atoms with Gasteiger partial charge < -0.3 is 30.9 Å². The third-order valence-corrected chi connectivity index (χ3v) is 10.3. The molecular formula is C36H43N5O6S. The van der Waals surface area contributed by atoms with Crippen molar-refractivity contribution < 1.29 is 29.1 Å². The van der Waals surface area contributed by atoms with E-state index in [9.17, 15) is 29.1 Å². The number of benzene rings is 2. The molecule has 0 bridgehead atoms. The summed E-state index contributed by atoms with van der Waals surface area (Å²) in [4.78, 5) is 72.9. The van der Waals surface area contributed by atoms with Crippen molar-refractivity contribution in [3.8, 4) is 10.4 Å². The van der Waals surface area contributed by atoms with Crippen LogP contribution >= 0.6 is 11.3 Å². The van der Waals surface area contributed by atoms with Crippen LogP contribution in [0.1, 0.15) is 47.5 Å². The van der Waals surface area contributed by atoms with E-state index in [0.29, 0.717) is 11.3 Å². The molecule has 254 valence electrons. The van der Waals surface area contributed by atoms with Gasteiger partial charge in [-0.2, -0.15) is 0 Å². The van der Waals surface area contributed by atoms with E-state index in [2.05, 4.69) is 16.0 Å². The van der Waals surface area contributed by atoms with Gasteiger partial charge in [-0.15, -0.1) is 11.3 Å². The lowest BCUT2D eigenvalue weighted by Gasteiger charge is -2.32. The Labute approximate surface area is 284 Å². The van der Waals surface area contributed by atoms with Crippen molar-refractivity contribution >= 4 is 40.9 Å². The van der Waals surface area contributed by atoms with Crippen LogP contribution in [0.2, 0.25) is 0 Å². The molecule has 0 radical (unpaired) electrons. The number of carbonyl (C=O) groups excluding carboxylic acids is 5. The minimum absolute atomic E-state index is 0.00585. The second-order valence-corrected chi connectivity index (χ2v) is 13.6. The highest BCUT2D eigenvalue weighted by atomic mass is 32.1. The van der Waals surface area contributed by atoms with Gasteiger partial charge in [0, 0.05) is 37.4 Å². The van der Waals surface area contributed by atoms with Gasteiger partial charge in [-0.25, -0.2) is 0 Å². The monoisotopic (exact) mass is 673 g/mol. The van der Waals surface area contributed by atoms with E-state index in [0.717, 1.165) is 21.6 Å². The van der Waals surface area contributed by atoms with Crippen molar-refractivity contribution in [3.63, 3.8) is 0 Å². The molecule has 0 unspecified atom stereocenters. The van der Waals surface area contributed by atoms with Gasteiger partial charge in [-0.3, -0.25) is 24.0 Å². The van der Waals surface area contributed by atoms with Crippen LogP contribution in [0.15, 0.2) is 66.7 Å². The number of hydrogen-bond donors (Lipinski definition) is 4. The topological polar surface area (TPSA) is 148 Å². The van der Waals surface area contributed by atoms with E-state index in [1.54, 1.807) is 6.07 Å². The molecule has 0 saturated carbocycles. The van der Waals surface area contributed by atoms with Crippen molar-refractivity contribution in [2.75, 3.05) is 26.2 Å². The van der Waals surface area contributed by atoms with Gasteiger partial charge in [-0.05, 0) is 35.6 Å². The first-order valence-electron chi connectivity index (χ1n) is 16.4. The van der Waals surface area contributed by atoms with Gasteiger partial charge in [0.25, 0.3) is 5.91 Å². The van der Waals surface area contributed by atoms with Crippen LogP contribution in [0.25, 0.3) is 10.4 Å². The zero-order valence-corrected chi connectivity index (χ0v) is 28.3. The van der Waals surface area contributed by atoms with Gasteiger partial charge in [-0.1, -0.05) is 80.9 Å². The minimum atomic E-state index is -1.02. The number of fused-ring (bicyclic) bond motifs is 1. The molecule has 5 atom stereocenters. The molecule has 0 aliphatic carbocycles. The molecule has 11 nitrogen and oxygen atoms in total. The molecule has 2 aliphatic rings. The number of carbonyl (C=O) groups is 5. The Bertz CT molecular complexity index is 1630. The molecule has 5 rings (SSSR count). The van der Waals surface area contributed by atoms with Gasteiger partial charge in [0.2, 0.25) is 23.6 Å². The fourth-order valence-electron chi connectivity index (χ4n) is 6.20. The van der Waals surface area contributed by atoms with Gasteiger partial charge in [0.1, 0.15) is 18.1 Å². The molecule has 3 heterocycles. The molecule has 2 aromatic carbocycles. The van der Waals surface area contributed by atoms with Gasteiger partial charge in [0.15, 0.2) is 0 Å². The number of hydrogen-bond acceptors (Lipinski definition) is 7. The largest absolute Gasteiger partial charge is 0.391 e. The minimum Gasteiger partial charge on any atom is -0.391 e. The molecule has 48 heavy (non-hydrogen) atoms. The Morgan fingerprint density at radius 1 is 1.00 bits per heavy atom. The summed E-state index contributed by atoms with van der Waals surface area (Å²) in [6.45, 7) is 5.28. The summed E-state index contributed by atoms with van der Waals surface area (Å²) in [5, 5.41) is 19.1. The second-order valence-electron chi connectivity index (χ2n) is 12.6. The highest BCUT2D eigenvalue weighted by molar-refractivity contribution is 7.17. The van der Waals surface area contributed by atoms with E-state index in [1.165, 1.54) is 21.1 Å². The molecule has 2 fully saturated rings. The van der Waals surface area contributed by atoms with Crippen molar-refractivity contribution in [2.24, 2.45) is 5.92 Å². The molecule has 12 heteroatoms. The van der Waals surface area contributed by atoms with E-state index >= 15 is 0 Å².